The Morgan fingerprint density at radius 2 is 1.70 bits per heavy atom. The van der Waals surface area contributed by atoms with E-state index in [9.17, 15) is 9.18 Å². The molecule has 2 N–H and O–H groups in total. The molecule has 0 aliphatic carbocycles. The van der Waals surface area contributed by atoms with Gasteiger partial charge in [0.1, 0.15) is 5.82 Å². The molecule has 1 saturated heterocycles. The zero-order valence-electron chi connectivity index (χ0n) is 18.5. The summed E-state index contributed by atoms with van der Waals surface area (Å²) in [5.41, 5.74) is 4.41. The van der Waals surface area contributed by atoms with E-state index in [4.69, 9.17) is 4.98 Å². The number of amides is 1. The number of para-hydroxylation sites is 1. The fourth-order valence-electron chi connectivity index (χ4n) is 4.44. The van der Waals surface area contributed by atoms with Crippen LogP contribution in [0.5, 0.6) is 0 Å². The third-order valence-electron chi connectivity index (χ3n) is 6.20. The number of hydrogen-bond acceptors (Lipinski definition) is 4. The van der Waals surface area contributed by atoms with Gasteiger partial charge in [0, 0.05) is 36.0 Å². The van der Waals surface area contributed by atoms with Gasteiger partial charge in [-0.15, -0.1) is 0 Å². The average Bonchev–Trinajstić information content (AvgIpc) is 3.35. The van der Waals surface area contributed by atoms with E-state index >= 15 is 0 Å². The van der Waals surface area contributed by atoms with Gasteiger partial charge in [0.25, 0.3) is 0 Å². The molecule has 5 nitrogen and oxygen atoms in total. The Balaban J connectivity index is 1.39. The van der Waals surface area contributed by atoms with E-state index in [-0.39, 0.29) is 11.7 Å². The van der Waals surface area contributed by atoms with E-state index in [1.807, 2.05) is 42.5 Å². The summed E-state index contributed by atoms with van der Waals surface area (Å²) < 4.78 is 13.3. The highest BCUT2D eigenvalue weighted by Crippen LogP contribution is 2.32. The van der Waals surface area contributed by atoms with Crippen LogP contribution in [-0.4, -0.2) is 35.4 Å². The van der Waals surface area contributed by atoms with Crippen LogP contribution in [0.4, 0.5) is 15.8 Å². The van der Waals surface area contributed by atoms with Gasteiger partial charge in [-0.05, 0) is 67.9 Å². The minimum absolute atomic E-state index is 0.0247. The van der Waals surface area contributed by atoms with Gasteiger partial charge in [0.15, 0.2) is 0 Å². The number of pyridine rings is 1. The molecule has 33 heavy (non-hydrogen) atoms. The Bertz CT molecular complexity index is 1280. The fourth-order valence-corrected chi connectivity index (χ4v) is 4.44. The molecule has 1 amide bonds. The SMILES string of the molecule is O=C(CCN1CCCC1)Nc1ccc2c(NCc3ccc(F)cc3)c3ccccc3nc2c1. The van der Waals surface area contributed by atoms with Gasteiger partial charge in [0.05, 0.1) is 16.7 Å². The minimum Gasteiger partial charge on any atom is -0.380 e. The highest BCUT2D eigenvalue weighted by atomic mass is 19.1. The van der Waals surface area contributed by atoms with E-state index in [1.54, 1.807) is 12.1 Å². The Morgan fingerprint density at radius 3 is 2.52 bits per heavy atom. The molecule has 0 spiro atoms. The predicted octanol–water partition coefficient (Wildman–Crippen LogP) is 5.56. The van der Waals surface area contributed by atoms with Crippen LogP contribution >= 0.6 is 0 Å². The first-order valence-corrected chi connectivity index (χ1v) is 11.5. The van der Waals surface area contributed by atoms with Crippen molar-refractivity contribution in [2.75, 3.05) is 30.3 Å². The van der Waals surface area contributed by atoms with Crippen molar-refractivity contribution < 1.29 is 9.18 Å². The van der Waals surface area contributed by atoms with Crippen molar-refractivity contribution >= 4 is 39.1 Å². The molecule has 1 aliphatic rings. The molecule has 3 aromatic carbocycles. The number of nitrogens with zero attached hydrogens (tertiary/aromatic N) is 2. The maximum Gasteiger partial charge on any atom is 0.225 e. The van der Waals surface area contributed by atoms with E-state index in [0.29, 0.717) is 13.0 Å². The molecule has 0 atom stereocenters. The number of carbonyl (C=O) groups is 1. The second kappa shape index (κ2) is 9.55. The number of nitrogens with one attached hydrogen (secondary N) is 2. The van der Waals surface area contributed by atoms with Crippen LogP contribution in [0.15, 0.2) is 66.7 Å². The number of aromatic nitrogens is 1. The van der Waals surface area contributed by atoms with Crippen molar-refractivity contribution in [2.45, 2.75) is 25.8 Å². The number of likely N-dealkylation sites (tertiary alicyclic amines) is 1. The van der Waals surface area contributed by atoms with Gasteiger partial charge >= 0.3 is 0 Å². The van der Waals surface area contributed by atoms with Gasteiger partial charge in [-0.3, -0.25) is 4.79 Å². The van der Waals surface area contributed by atoms with Crippen molar-refractivity contribution in [3.8, 4) is 0 Å². The number of rotatable bonds is 7. The van der Waals surface area contributed by atoms with Crippen LogP contribution in [0.3, 0.4) is 0 Å². The summed E-state index contributed by atoms with van der Waals surface area (Å²) in [5, 5.41) is 8.55. The summed E-state index contributed by atoms with van der Waals surface area (Å²) in [7, 11) is 0. The third-order valence-corrected chi connectivity index (χ3v) is 6.20. The van der Waals surface area contributed by atoms with Crippen molar-refractivity contribution in [3.63, 3.8) is 0 Å². The zero-order valence-corrected chi connectivity index (χ0v) is 18.5. The monoisotopic (exact) mass is 442 g/mol. The van der Waals surface area contributed by atoms with Gasteiger partial charge in [-0.1, -0.05) is 30.3 Å². The molecule has 1 fully saturated rings. The van der Waals surface area contributed by atoms with Crippen molar-refractivity contribution in [3.05, 3.63) is 78.1 Å². The molecule has 4 aromatic rings. The summed E-state index contributed by atoms with van der Waals surface area (Å²) in [6.45, 7) is 3.56. The summed E-state index contributed by atoms with van der Waals surface area (Å²) >= 11 is 0. The number of benzene rings is 3. The lowest BCUT2D eigenvalue weighted by molar-refractivity contribution is -0.116. The fraction of sp³-hybridized carbons (Fsp3) is 0.259. The normalized spacial score (nSPS) is 14.1. The highest BCUT2D eigenvalue weighted by Gasteiger charge is 2.14. The molecule has 0 bridgehead atoms. The van der Waals surface area contributed by atoms with Crippen molar-refractivity contribution in [1.29, 1.82) is 0 Å². The Morgan fingerprint density at radius 1 is 0.939 bits per heavy atom. The second-order valence-corrected chi connectivity index (χ2v) is 8.56. The first-order valence-electron chi connectivity index (χ1n) is 11.5. The Hall–Kier alpha value is -3.51. The molecule has 6 heteroatoms. The van der Waals surface area contributed by atoms with Gasteiger partial charge in [-0.25, -0.2) is 9.37 Å². The standard InChI is InChI=1S/C27H27FN4O/c28-20-9-7-19(8-10-20)18-29-27-22-5-1-2-6-24(22)31-25-17-21(11-12-23(25)27)30-26(33)13-16-32-14-3-4-15-32/h1-2,5-12,17H,3-4,13-16,18H2,(H,29,31)(H,30,33). The van der Waals surface area contributed by atoms with E-state index in [2.05, 4.69) is 15.5 Å². The predicted molar refractivity (Wildman–Crippen MR) is 132 cm³/mol. The first kappa shape index (κ1) is 21.3. The average molecular weight is 443 g/mol. The number of anilines is 2. The lowest BCUT2D eigenvalue weighted by Gasteiger charge is -2.15. The quantitative estimate of drug-likeness (QED) is 0.368. The van der Waals surface area contributed by atoms with E-state index in [1.165, 1.54) is 25.0 Å². The minimum atomic E-state index is -0.242. The van der Waals surface area contributed by atoms with Crippen LogP contribution in [0.2, 0.25) is 0 Å². The number of hydrogen-bond donors (Lipinski definition) is 2. The second-order valence-electron chi connectivity index (χ2n) is 8.56. The lowest BCUT2D eigenvalue weighted by atomic mass is 10.1. The number of fused-ring (bicyclic) bond motifs is 2. The molecular formula is C27H27FN4O. The topological polar surface area (TPSA) is 57.3 Å². The Kier molecular flexibility index (Phi) is 6.17. The smallest absolute Gasteiger partial charge is 0.225 e. The molecule has 0 saturated carbocycles. The maximum atomic E-state index is 13.3. The van der Waals surface area contributed by atoms with Crippen LogP contribution < -0.4 is 10.6 Å². The van der Waals surface area contributed by atoms with Gasteiger partial charge in [-0.2, -0.15) is 0 Å². The van der Waals surface area contributed by atoms with Gasteiger partial charge in [0.2, 0.25) is 5.91 Å². The molecule has 1 aliphatic heterocycles. The van der Waals surface area contributed by atoms with Crippen LogP contribution in [0.25, 0.3) is 21.8 Å². The number of halogens is 1. The largest absolute Gasteiger partial charge is 0.380 e. The summed E-state index contributed by atoms with van der Waals surface area (Å²) in [5.74, 6) is -0.217. The molecule has 2 heterocycles. The summed E-state index contributed by atoms with van der Waals surface area (Å²) in [6, 6.07) is 20.3. The first-order chi connectivity index (χ1) is 16.2. The zero-order chi connectivity index (χ0) is 22.6. The van der Waals surface area contributed by atoms with E-state index in [0.717, 1.165) is 58.4 Å². The summed E-state index contributed by atoms with van der Waals surface area (Å²) in [4.78, 5) is 19.6. The molecule has 1 aromatic heterocycles. The van der Waals surface area contributed by atoms with Crippen LogP contribution in [0.1, 0.15) is 24.8 Å². The van der Waals surface area contributed by atoms with Crippen molar-refractivity contribution in [2.24, 2.45) is 0 Å². The van der Waals surface area contributed by atoms with Gasteiger partial charge < -0.3 is 15.5 Å². The lowest BCUT2D eigenvalue weighted by Crippen LogP contribution is -2.25. The highest BCUT2D eigenvalue weighted by molar-refractivity contribution is 6.08. The van der Waals surface area contributed by atoms with E-state index < -0.39 is 0 Å². The van der Waals surface area contributed by atoms with Crippen LogP contribution in [-0.2, 0) is 11.3 Å². The maximum absolute atomic E-state index is 13.3. The molecule has 0 unspecified atom stereocenters. The Labute approximate surface area is 192 Å². The molecule has 5 rings (SSSR count). The number of carbonyl (C=O) groups excluding carboxylic acids is 1. The van der Waals surface area contributed by atoms with Crippen LogP contribution in [0, 0.1) is 5.82 Å². The molecular weight excluding hydrogens is 415 g/mol. The molecule has 168 valence electrons. The van der Waals surface area contributed by atoms with Crippen molar-refractivity contribution in [1.82, 2.24) is 9.88 Å². The summed E-state index contributed by atoms with van der Waals surface area (Å²) in [6.07, 6.45) is 2.94. The third kappa shape index (κ3) is 4.96. The molecule has 0 radical (unpaired) electrons.